The van der Waals surface area contributed by atoms with E-state index in [0.29, 0.717) is 13.0 Å². The lowest BCUT2D eigenvalue weighted by Crippen LogP contribution is -2.36. The second-order valence-corrected chi connectivity index (χ2v) is 4.56. The van der Waals surface area contributed by atoms with Crippen LogP contribution in [0.25, 0.3) is 11.4 Å². The maximum absolute atomic E-state index is 11.4. The van der Waals surface area contributed by atoms with Crippen LogP contribution in [0.3, 0.4) is 0 Å². The zero-order valence-electron chi connectivity index (χ0n) is 10.5. The number of hydrogen-bond donors (Lipinski definition) is 0. The number of carbonyl (C=O) groups is 1. The summed E-state index contributed by atoms with van der Waals surface area (Å²) < 4.78 is 0. The van der Waals surface area contributed by atoms with Crippen molar-refractivity contribution in [3.63, 3.8) is 0 Å². The van der Waals surface area contributed by atoms with Gasteiger partial charge < -0.3 is 4.90 Å². The Morgan fingerprint density at radius 3 is 2.68 bits per heavy atom. The second kappa shape index (κ2) is 5.14. The molecule has 5 nitrogen and oxygen atoms in total. The highest BCUT2D eigenvalue weighted by Gasteiger charge is 2.18. The van der Waals surface area contributed by atoms with Crippen LogP contribution >= 0.6 is 0 Å². The van der Waals surface area contributed by atoms with Gasteiger partial charge in [0, 0.05) is 19.2 Å². The molecule has 0 spiro atoms. The third kappa shape index (κ3) is 2.59. The zero-order chi connectivity index (χ0) is 13.1. The van der Waals surface area contributed by atoms with Gasteiger partial charge in [0.2, 0.25) is 0 Å². The van der Waals surface area contributed by atoms with Crippen LogP contribution in [-0.2, 0) is 4.79 Å². The zero-order valence-corrected chi connectivity index (χ0v) is 10.5. The van der Waals surface area contributed by atoms with Gasteiger partial charge in [-0.25, -0.2) is 0 Å². The van der Waals surface area contributed by atoms with E-state index in [2.05, 4.69) is 15.2 Å². The van der Waals surface area contributed by atoms with Crippen LogP contribution in [0.2, 0.25) is 0 Å². The summed E-state index contributed by atoms with van der Waals surface area (Å²) in [5, 5.41) is 8.38. The number of Topliss-reactive ketones (excluding diaryl/α,β-unsaturated/α-hetero) is 1. The minimum absolute atomic E-state index is 0.266. The van der Waals surface area contributed by atoms with E-state index in [1.165, 1.54) is 0 Å². The quantitative estimate of drug-likeness (QED) is 0.816. The molecule has 3 rings (SSSR count). The number of rotatable bonds is 2. The number of ketones is 1. The number of pyridine rings is 1. The molecule has 3 heterocycles. The second-order valence-electron chi connectivity index (χ2n) is 4.56. The van der Waals surface area contributed by atoms with E-state index in [9.17, 15) is 4.79 Å². The van der Waals surface area contributed by atoms with Crippen molar-refractivity contribution in [2.45, 2.75) is 12.8 Å². The first kappa shape index (κ1) is 11.8. The summed E-state index contributed by atoms with van der Waals surface area (Å²) in [6.07, 6.45) is 3.30. The maximum Gasteiger partial charge on any atom is 0.152 e. The Labute approximate surface area is 111 Å². The van der Waals surface area contributed by atoms with Crippen molar-refractivity contribution in [3.8, 4) is 11.4 Å². The summed E-state index contributed by atoms with van der Waals surface area (Å²) in [4.78, 5) is 17.6. The Hall–Kier alpha value is -2.30. The molecule has 0 bridgehead atoms. The van der Waals surface area contributed by atoms with Crippen molar-refractivity contribution >= 4 is 11.6 Å². The van der Waals surface area contributed by atoms with E-state index >= 15 is 0 Å². The molecule has 0 N–H and O–H groups in total. The van der Waals surface area contributed by atoms with Crippen LogP contribution in [-0.4, -0.2) is 34.1 Å². The molecule has 19 heavy (non-hydrogen) atoms. The fourth-order valence-corrected chi connectivity index (χ4v) is 2.18. The molecule has 2 aromatic rings. The third-order valence-electron chi connectivity index (χ3n) is 3.15. The smallest absolute Gasteiger partial charge is 0.152 e. The van der Waals surface area contributed by atoms with Crippen LogP contribution in [0.1, 0.15) is 12.8 Å². The summed E-state index contributed by atoms with van der Waals surface area (Å²) >= 11 is 0. The van der Waals surface area contributed by atoms with Crippen molar-refractivity contribution in [2.24, 2.45) is 0 Å². The monoisotopic (exact) mass is 254 g/mol. The third-order valence-corrected chi connectivity index (χ3v) is 3.15. The lowest BCUT2D eigenvalue weighted by molar-refractivity contribution is -0.118. The predicted octanol–water partition coefficient (Wildman–Crippen LogP) is 1.71. The summed E-state index contributed by atoms with van der Waals surface area (Å²) in [5.41, 5.74) is 1.55. The van der Waals surface area contributed by atoms with Crippen LogP contribution in [0.5, 0.6) is 0 Å². The van der Waals surface area contributed by atoms with Crippen molar-refractivity contribution in [2.75, 3.05) is 18.0 Å². The van der Waals surface area contributed by atoms with Crippen molar-refractivity contribution in [3.05, 3.63) is 36.5 Å². The van der Waals surface area contributed by atoms with Crippen molar-refractivity contribution in [1.29, 1.82) is 0 Å². The Balaban J connectivity index is 1.81. The molecule has 0 amide bonds. The van der Waals surface area contributed by atoms with Gasteiger partial charge in [0.05, 0.1) is 12.2 Å². The van der Waals surface area contributed by atoms with Gasteiger partial charge in [-0.15, -0.1) is 10.2 Å². The molecule has 0 aromatic carbocycles. The lowest BCUT2D eigenvalue weighted by atomic mass is 10.1. The summed E-state index contributed by atoms with van der Waals surface area (Å²) in [7, 11) is 0. The SMILES string of the molecule is O=C1CCCN(c2ccc(-c3ccccn3)nn2)C1. The molecule has 1 aliphatic heterocycles. The Morgan fingerprint density at radius 2 is 2.00 bits per heavy atom. The molecule has 5 heteroatoms. The van der Waals surface area contributed by atoms with E-state index in [4.69, 9.17) is 0 Å². The van der Waals surface area contributed by atoms with E-state index in [-0.39, 0.29) is 5.78 Å². The van der Waals surface area contributed by atoms with Crippen LogP contribution < -0.4 is 4.90 Å². The van der Waals surface area contributed by atoms with Crippen LogP contribution in [0, 0.1) is 0 Å². The van der Waals surface area contributed by atoms with Crippen LogP contribution in [0.4, 0.5) is 5.82 Å². The van der Waals surface area contributed by atoms with E-state index in [1.54, 1.807) is 6.20 Å². The highest BCUT2D eigenvalue weighted by atomic mass is 16.1. The number of carbonyl (C=O) groups excluding carboxylic acids is 1. The van der Waals surface area contributed by atoms with E-state index in [0.717, 1.165) is 30.2 Å². The van der Waals surface area contributed by atoms with Gasteiger partial charge in [-0.2, -0.15) is 0 Å². The van der Waals surface area contributed by atoms with Gasteiger partial charge in [-0.05, 0) is 30.7 Å². The minimum Gasteiger partial charge on any atom is -0.348 e. The number of anilines is 1. The number of hydrogen-bond acceptors (Lipinski definition) is 5. The topological polar surface area (TPSA) is 59.0 Å². The fraction of sp³-hybridized carbons (Fsp3) is 0.286. The first-order valence-corrected chi connectivity index (χ1v) is 6.35. The fourth-order valence-electron chi connectivity index (χ4n) is 2.18. The molecule has 0 radical (unpaired) electrons. The van der Waals surface area contributed by atoms with Gasteiger partial charge in [-0.3, -0.25) is 9.78 Å². The Morgan fingerprint density at radius 1 is 1.05 bits per heavy atom. The molecule has 2 aromatic heterocycles. The molecule has 0 aliphatic carbocycles. The molecular formula is C14H14N4O. The standard InChI is InChI=1S/C14H14N4O/c19-11-4-3-9-18(10-11)14-7-6-13(16-17-14)12-5-1-2-8-15-12/h1-2,5-8H,3-4,9-10H2. The van der Waals surface area contributed by atoms with E-state index < -0.39 is 0 Å². The maximum atomic E-state index is 11.4. The highest BCUT2D eigenvalue weighted by molar-refractivity contribution is 5.84. The first-order valence-electron chi connectivity index (χ1n) is 6.35. The number of piperidine rings is 1. The largest absolute Gasteiger partial charge is 0.348 e. The molecule has 1 aliphatic rings. The van der Waals surface area contributed by atoms with Gasteiger partial charge in [0.1, 0.15) is 5.69 Å². The van der Waals surface area contributed by atoms with Gasteiger partial charge in [0.15, 0.2) is 11.6 Å². The minimum atomic E-state index is 0.266. The summed E-state index contributed by atoms with van der Waals surface area (Å²) in [5.74, 6) is 1.02. The predicted molar refractivity (Wildman–Crippen MR) is 71.7 cm³/mol. The highest BCUT2D eigenvalue weighted by Crippen LogP contribution is 2.18. The lowest BCUT2D eigenvalue weighted by Gasteiger charge is -2.26. The Bertz CT molecular complexity index is 568. The molecule has 0 saturated carbocycles. The van der Waals surface area contributed by atoms with Crippen molar-refractivity contribution in [1.82, 2.24) is 15.2 Å². The normalized spacial score (nSPS) is 15.6. The Kier molecular flexibility index (Phi) is 3.18. The molecule has 0 atom stereocenters. The summed E-state index contributed by atoms with van der Waals surface area (Å²) in [6, 6.07) is 9.47. The first-order chi connectivity index (χ1) is 9.33. The van der Waals surface area contributed by atoms with Crippen molar-refractivity contribution < 1.29 is 4.79 Å². The van der Waals surface area contributed by atoms with Gasteiger partial charge in [0.25, 0.3) is 0 Å². The molecular weight excluding hydrogens is 240 g/mol. The van der Waals surface area contributed by atoms with Crippen LogP contribution in [0.15, 0.2) is 36.5 Å². The van der Waals surface area contributed by atoms with Gasteiger partial charge in [-0.1, -0.05) is 6.07 Å². The molecule has 1 saturated heterocycles. The molecule has 96 valence electrons. The van der Waals surface area contributed by atoms with Gasteiger partial charge >= 0.3 is 0 Å². The summed E-state index contributed by atoms with van der Waals surface area (Å²) in [6.45, 7) is 1.31. The van der Waals surface area contributed by atoms with E-state index in [1.807, 2.05) is 35.2 Å². The average Bonchev–Trinajstić information content (AvgIpc) is 2.48. The number of aromatic nitrogens is 3. The molecule has 0 unspecified atom stereocenters. The average molecular weight is 254 g/mol. The number of nitrogens with zero attached hydrogens (tertiary/aromatic N) is 4. The molecule has 1 fully saturated rings.